The van der Waals surface area contributed by atoms with Crippen LogP contribution in [0.25, 0.3) is 0 Å². The van der Waals surface area contributed by atoms with Gasteiger partial charge in [-0.25, -0.2) is 13.8 Å². The molecule has 20 heavy (non-hydrogen) atoms. The van der Waals surface area contributed by atoms with E-state index in [0.29, 0.717) is 6.54 Å². The summed E-state index contributed by atoms with van der Waals surface area (Å²) in [6, 6.07) is 3.04. The molecule has 0 aliphatic carbocycles. The van der Waals surface area contributed by atoms with Gasteiger partial charge in [0.1, 0.15) is 5.75 Å². The minimum Gasteiger partial charge on any atom is -0.435 e. The van der Waals surface area contributed by atoms with Crippen LogP contribution in [0.3, 0.4) is 0 Å². The SMILES string of the molecule is CC(C)Cn1ccnc(Oc2ccc(F)c(F)c2)c1=O. The summed E-state index contributed by atoms with van der Waals surface area (Å²) in [6.07, 6.45) is 2.99. The first-order valence-corrected chi connectivity index (χ1v) is 6.15. The molecule has 1 heterocycles. The lowest BCUT2D eigenvalue weighted by Gasteiger charge is -2.10. The molecule has 6 heteroatoms. The molecule has 0 bridgehead atoms. The number of benzene rings is 1. The Balaban J connectivity index is 2.29. The molecule has 2 rings (SSSR count). The zero-order valence-electron chi connectivity index (χ0n) is 11.1. The van der Waals surface area contributed by atoms with Crippen molar-refractivity contribution < 1.29 is 13.5 Å². The Kier molecular flexibility index (Phi) is 4.12. The first kappa shape index (κ1) is 14.2. The number of halogens is 2. The van der Waals surface area contributed by atoms with Crippen molar-refractivity contribution in [2.45, 2.75) is 20.4 Å². The number of hydrogen-bond donors (Lipinski definition) is 0. The highest BCUT2D eigenvalue weighted by molar-refractivity contribution is 5.27. The molecule has 0 saturated heterocycles. The molecule has 0 saturated carbocycles. The monoisotopic (exact) mass is 280 g/mol. The van der Waals surface area contributed by atoms with Gasteiger partial charge in [-0.05, 0) is 18.1 Å². The van der Waals surface area contributed by atoms with Crippen molar-refractivity contribution in [1.82, 2.24) is 9.55 Å². The summed E-state index contributed by atoms with van der Waals surface area (Å²) in [5, 5.41) is 0. The largest absolute Gasteiger partial charge is 0.435 e. The fourth-order valence-electron chi connectivity index (χ4n) is 1.69. The summed E-state index contributed by atoms with van der Waals surface area (Å²) in [7, 11) is 0. The van der Waals surface area contributed by atoms with E-state index in [2.05, 4.69) is 4.98 Å². The minimum absolute atomic E-state index is 0.0239. The third-order valence-corrected chi connectivity index (χ3v) is 2.55. The molecule has 0 atom stereocenters. The average molecular weight is 280 g/mol. The van der Waals surface area contributed by atoms with E-state index in [-0.39, 0.29) is 17.5 Å². The van der Waals surface area contributed by atoms with Crippen molar-refractivity contribution in [2.75, 3.05) is 0 Å². The van der Waals surface area contributed by atoms with E-state index in [0.717, 1.165) is 12.1 Å². The van der Waals surface area contributed by atoms with Gasteiger partial charge in [0.15, 0.2) is 11.6 Å². The van der Waals surface area contributed by atoms with Gasteiger partial charge >= 0.3 is 5.56 Å². The van der Waals surface area contributed by atoms with E-state index < -0.39 is 17.2 Å². The van der Waals surface area contributed by atoms with E-state index in [1.54, 1.807) is 6.20 Å². The van der Waals surface area contributed by atoms with Gasteiger partial charge in [0, 0.05) is 25.0 Å². The first-order chi connectivity index (χ1) is 9.47. The zero-order chi connectivity index (χ0) is 14.7. The first-order valence-electron chi connectivity index (χ1n) is 6.15. The molecule has 0 amide bonds. The second-order valence-corrected chi connectivity index (χ2v) is 4.76. The maximum absolute atomic E-state index is 13.1. The quantitative estimate of drug-likeness (QED) is 0.864. The van der Waals surface area contributed by atoms with Crippen molar-refractivity contribution in [3.63, 3.8) is 0 Å². The number of aromatic nitrogens is 2. The highest BCUT2D eigenvalue weighted by atomic mass is 19.2. The molecule has 0 fully saturated rings. The van der Waals surface area contributed by atoms with Crippen LogP contribution in [0.15, 0.2) is 35.4 Å². The minimum atomic E-state index is -1.04. The van der Waals surface area contributed by atoms with Crippen LogP contribution < -0.4 is 10.3 Å². The Morgan fingerprint density at radius 1 is 1.30 bits per heavy atom. The molecule has 0 N–H and O–H groups in total. The van der Waals surface area contributed by atoms with Crippen LogP contribution in [0.4, 0.5) is 8.78 Å². The van der Waals surface area contributed by atoms with E-state index in [9.17, 15) is 13.6 Å². The summed E-state index contributed by atoms with van der Waals surface area (Å²) >= 11 is 0. The molecule has 0 aliphatic heterocycles. The van der Waals surface area contributed by atoms with Crippen molar-refractivity contribution in [3.8, 4) is 11.6 Å². The third-order valence-electron chi connectivity index (χ3n) is 2.55. The lowest BCUT2D eigenvalue weighted by molar-refractivity contribution is 0.424. The van der Waals surface area contributed by atoms with E-state index >= 15 is 0 Å². The van der Waals surface area contributed by atoms with Gasteiger partial charge in [0.2, 0.25) is 0 Å². The number of hydrogen-bond acceptors (Lipinski definition) is 3. The molecule has 0 radical (unpaired) electrons. The van der Waals surface area contributed by atoms with Crippen molar-refractivity contribution in [3.05, 3.63) is 52.6 Å². The summed E-state index contributed by atoms with van der Waals surface area (Å²) in [6.45, 7) is 4.47. The van der Waals surface area contributed by atoms with Gasteiger partial charge < -0.3 is 9.30 Å². The molecular weight excluding hydrogens is 266 g/mol. The van der Waals surface area contributed by atoms with Gasteiger partial charge in [0.05, 0.1) is 0 Å². The highest BCUT2D eigenvalue weighted by Crippen LogP contribution is 2.19. The third kappa shape index (κ3) is 3.20. The molecule has 0 unspecified atom stereocenters. The molecule has 0 aliphatic rings. The second kappa shape index (κ2) is 5.81. The van der Waals surface area contributed by atoms with E-state index in [4.69, 9.17) is 4.74 Å². The van der Waals surface area contributed by atoms with Crippen LogP contribution in [0.5, 0.6) is 11.6 Å². The Labute approximate surface area is 114 Å². The average Bonchev–Trinajstić information content (AvgIpc) is 2.38. The van der Waals surface area contributed by atoms with Crippen LogP contribution in [0.1, 0.15) is 13.8 Å². The van der Waals surface area contributed by atoms with Crippen molar-refractivity contribution >= 4 is 0 Å². The lowest BCUT2D eigenvalue weighted by atomic mass is 10.2. The van der Waals surface area contributed by atoms with Crippen LogP contribution >= 0.6 is 0 Å². The summed E-state index contributed by atoms with van der Waals surface area (Å²) < 4.78 is 32.6. The number of ether oxygens (including phenoxy) is 1. The Hall–Kier alpha value is -2.24. The van der Waals surface area contributed by atoms with Gasteiger partial charge in [-0.2, -0.15) is 0 Å². The fraction of sp³-hybridized carbons (Fsp3) is 0.286. The standard InChI is InChI=1S/C14H14F2N2O2/c1-9(2)8-18-6-5-17-13(14(18)19)20-10-3-4-11(15)12(16)7-10/h3-7,9H,8H2,1-2H3. The normalized spacial score (nSPS) is 10.8. The van der Waals surface area contributed by atoms with Gasteiger partial charge in [-0.3, -0.25) is 4.79 Å². The van der Waals surface area contributed by atoms with Crippen LogP contribution in [0.2, 0.25) is 0 Å². The van der Waals surface area contributed by atoms with E-state index in [1.165, 1.54) is 16.8 Å². The number of nitrogens with zero attached hydrogens (tertiary/aromatic N) is 2. The molecular formula is C14H14F2N2O2. The van der Waals surface area contributed by atoms with Crippen LogP contribution in [-0.4, -0.2) is 9.55 Å². The lowest BCUT2D eigenvalue weighted by Crippen LogP contribution is -2.23. The topological polar surface area (TPSA) is 44.1 Å². The molecule has 0 spiro atoms. The van der Waals surface area contributed by atoms with Crippen molar-refractivity contribution in [1.29, 1.82) is 0 Å². The molecule has 1 aromatic carbocycles. The Morgan fingerprint density at radius 3 is 2.70 bits per heavy atom. The molecule has 4 nitrogen and oxygen atoms in total. The Bertz CT molecular complexity index is 668. The highest BCUT2D eigenvalue weighted by Gasteiger charge is 2.10. The van der Waals surface area contributed by atoms with E-state index in [1.807, 2.05) is 13.8 Å². The molecule has 2 aromatic rings. The smallest absolute Gasteiger partial charge is 0.313 e. The molecule has 1 aromatic heterocycles. The summed E-state index contributed by atoms with van der Waals surface area (Å²) in [5.74, 6) is -1.88. The molecule has 106 valence electrons. The fourth-order valence-corrected chi connectivity index (χ4v) is 1.69. The number of rotatable bonds is 4. The predicted octanol–water partition coefficient (Wildman–Crippen LogP) is 2.97. The van der Waals surface area contributed by atoms with Gasteiger partial charge in [-0.15, -0.1) is 0 Å². The van der Waals surface area contributed by atoms with Crippen LogP contribution in [0, 0.1) is 17.6 Å². The summed E-state index contributed by atoms with van der Waals surface area (Å²) in [5.41, 5.74) is -0.411. The second-order valence-electron chi connectivity index (χ2n) is 4.76. The zero-order valence-corrected chi connectivity index (χ0v) is 11.1. The Morgan fingerprint density at radius 2 is 2.05 bits per heavy atom. The summed E-state index contributed by atoms with van der Waals surface area (Å²) in [4.78, 5) is 15.9. The van der Waals surface area contributed by atoms with Gasteiger partial charge in [0.25, 0.3) is 5.88 Å². The van der Waals surface area contributed by atoms with Gasteiger partial charge in [-0.1, -0.05) is 13.8 Å². The maximum atomic E-state index is 13.1. The predicted molar refractivity (Wildman–Crippen MR) is 69.8 cm³/mol. The van der Waals surface area contributed by atoms with Crippen molar-refractivity contribution in [2.24, 2.45) is 5.92 Å². The van der Waals surface area contributed by atoms with Crippen LogP contribution in [-0.2, 0) is 6.54 Å². The maximum Gasteiger partial charge on any atom is 0.313 e.